The number of rotatable bonds is 6. The molecule has 0 unspecified atom stereocenters. The van der Waals surface area contributed by atoms with Gasteiger partial charge in [-0.3, -0.25) is 9.89 Å². The number of benzene rings is 2. The molecule has 0 fully saturated rings. The largest absolute Gasteiger partial charge is 0.497 e. The third kappa shape index (κ3) is 4.57. The number of H-pyrrole nitrogens is 1. The van der Waals surface area contributed by atoms with E-state index in [0.29, 0.717) is 16.7 Å². The van der Waals surface area contributed by atoms with Gasteiger partial charge in [-0.25, -0.2) is 9.37 Å². The van der Waals surface area contributed by atoms with E-state index >= 15 is 0 Å². The van der Waals surface area contributed by atoms with Crippen LogP contribution in [-0.2, 0) is 4.79 Å². The second-order valence-electron chi connectivity index (χ2n) is 5.04. The second kappa shape index (κ2) is 7.80. The van der Waals surface area contributed by atoms with Crippen LogP contribution >= 0.6 is 11.8 Å². The molecular weight excluding hydrogens is 343 g/mol. The average Bonchev–Trinajstić information content (AvgIpc) is 3.10. The number of carbonyl (C=O) groups excluding carboxylic acids is 1. The van der Waals surface area contributed by atoms with Crippen LogP contribution in [0.5, 0.6) is 5.75 Å². The number of aromatic nitrogens is 3. The summed E-state index contributed by atoms with van der Waals surface area (Å²) in [5.74, 6) is 0.947. The molecule has 0 saturated heterocycles. The topological polar surface area (TPSA) is 79.9 Å². The Balaban J connectivity index is 1.54. The molecule has 2 aromatic carbocycles. The molecule has 3 rings (SSSR count). The number of nitrogens with zero attached hydrogens (tertiary/aromatic N) is 2. The molecule has 0 atom stereocenters. The smallest absolute Gasteiger partial charge is 0.234 e. The number of anilines is 1. The van der Waals surface area contributed by atoms with Gasteiger partial charge in [0.15, 0.2) is 5.82 Å². The van der Waals surface area contributed by atoms with E-state index in [1.807, 2.05) is 0 Å². The van der Waals surface area contributed by atoms with Gasteiger partial charge in [-0.15, -0.1) is 5.10 Å². The zero-order valence-corrected chi connectivity index (χ0v) is 14.1. The summed E-state index contributed by atoms with van der Waals surface area (Å²) in [5, 5.41) is 10.1. The Labute approximate surface area is 147 Å². The lowest BCUT2D eigenvalue weighted by Crippen LogP contribution is -2.14. The number of amides is 1. The zero-order chi connectivity index (χ0) is 17.6. The molecule has 0 aliphatic rings. The maximum absolute atomic E-state index is 12.9. The minimum absolute atomic E-state index is 0.164. The molecule has 0 aliphatic heterocycles. The number of hydrogen-bond acceptors (Lipinski definition) is 5. The number of hydrogen-bond donors (Lipinski definition) is 2. The lowest BCUT2D eigenvalue weighted by Gasteiger charge is -2.05. The van der Waals surface area contributed by atoms with E-state index in [1.54, 1.807) is 43.5 Å². The predicted molar refractivity (Wildman–Crippen MR) is 94.1 cm³/mol. The van der Waals surface area contributed by atoms with E-state index in [1.165, 1.54) is 23.9 Å². The van der Waals surface area contributed by atoms with Crippen LogP contribution in [0.25, 0.3) is 11.4 Å². The SMILES string of the molecule is COc1ccc(NC(=O)CSc2n[nH]c(-c3ccc(F)cc3)n2)cc1. The highest BCUT2D eigenvalue weighted by Gasteiger charge is 2.09. The molecule has 2 N–H and O–H groups in total. The molecule has 1 amide bonds. The number of thioether (sulfide) groups is 1. The summed E-state index contributed by atoms with van der Waals surface area (Å²) in [4.78, 5) is 16.3. The number of halogens is 1. The fourth-order valence-corrected chi connectivity index (χ4v) is 2.65. The van der Waals surface area contributed by atoms with Crippen molar-refractivity contribution in [3.63, 3.8) is 0 Å². The number of methoxy groups -OCH3 is 1. The molecule has 0 aliphatic carbocycles. The summed E-state index contributed by atoms with van der Waals surface area (Å²) < 4.78 is 18.0. The van der Waals surface area contributed by atoms with Crippen LogP contribution < -0.4 is 10.1 Å². The van der Waals surface area contributed by atoms with Crippen LogP contribution in [0.4, 0.5) is 10.1 Å². The van der Waals surface area contributed by atoms with Crippen molar-refractivity contribution < 1.29 is 13.9 Å². The van der Waals surface area contributed by atoms with Crippen molar-refractivity contribution in [3.8, 4) is 17.1 Å². The molecule has 0 radical (unpaired) electrons. The fraction of sp³-hybridized carbons (Fsp3) is 0.118. The van der Waals surface area contributed by atoms with Gasteiger partial charge in [-0.05, 0) is 48.5 Å². The highest BCUT2D eigenvalue weighted by Crippen LogP contribution is 2.20. The first-order valence-corrected chi connectivity index (χ1v) is 8.37. The summed E-state index contributed by atoms with van der Waals surface area (Å²) in [7, 11) is 1.58. The van der Waals surface area contributed by atoms with Crippen LogP contribution in [0, 0.1) is 5.82 Å². The normalized spacial score (nSPS) is 10.5. The standard InChI is InChI=1S/C17H15FN4O2S/c1-24-14-8-6-13(7-9-14)19-15(23)10-25-17-20-16(21-22-17)11-2-4-12(18)5-3-11/h2-9H,10H2,1H3,(H,19,23)(H,20,21,22). The highest BCUT2D eigenvalue weighted by atomic mass is 32.2. The second-order valence-corrected chi connectivity index (χ2v) is 5.98. The van der Waals surface area contributed by atoms with E-state index in [-0.39, 0.29) is 17.5 Å². The lowest BCUT2D eigenvalue weighted by atomic mass is 10.2. The lowest BCUT2D eigenvalue weighted by molar-refractivity contribution is -0.113. The molecule has 0 spiro atoms. The Morgan fingerprint density at radius 1 is 1.20 bits per heavy atom. The van der Waals surface area contributed by atoms with E-state index in [9.17, 15) is 9.18 Å². The quantitative estimate of drug-likeness (QED) is 0.661. The Bertz CT molecular complexity index is 850. The average molecular weight is 358 g/mol. The number of aromatic amines is 1. The molecule has 0 bridgehead atoms. The van der Waals surface area contributed by atoms with Crippen molar-refractivity contribution >= 4 is 23.4 Å². The molecule has 25 heavy (non-hydrogen) atoms. The Morgan fingerprint density at radius 2 is 1.92 bits per heavy atom. The molecular formula is C17H15FN4O2S. The first-order valence-electron chi connectivity index (χ1n) is 7.39. The van der Waals surface area contributed by atoms with Crippen molar-refractivity contribution in [2.45, 2.75) is 5.16 Å². The maximum atomic E-state index is 12.9. The molecule has 1 heterocycles. The number of nitrogens with one attached hydrogen (secondary N) is 2. The van der Waals surface area contributed by atoms with Gasteiger partial charge < -0.3 is 10.1 Å². The molecule has 3 aromatic rings. The van der Waals surface area contributed by atoms with Crippen LogP contribution in [0.15, 0.2) is 53.7 Å². The van der Waals surface area contributed by atoms with Gasteiger partial charge >= 0.3 is 0 Å². The van der Waals surface area contributed by atoms with E-state index in [2.05, 4.69) is 20.5 Å². The van der Waals surface area contributed by atoms with Gasteiger partial charge in [-0.2, -0.15) is 0 Å². The first-order chi connectivity index (χ1) is 12.1. The van der Waals surface area contributed by atoms with Crippen molar-refractivity contribution in [3.05, 3.63) is 54.3 Å². The van der Waals surface area contributed by atoms with Gasteiger partial charge in [0.25, 0.3) is 0 Å². The van der Waals surface area contributed by atoms with Gasteiger partial charge in [0.1, 0.15) is 11.6 Å². The van der Waals surface area contributed by atoms with Gasteiger partial charge in [0, 0.05) is 11.3 Å². The van der Waals surface area contributed by atoms with Crippen LogP contribution in [-0.4, -0.2) is 34.0 Å². The van der Waals surface area contributed by atoms with Gasteiger partial charge in [-0.1, -0.05) is 11.8 Å². The third-order valence-corrected chi connectivity index (χ3v) is 4.14. The molecule has 8 heteroatoms. The highest BCUT2D eigenvalue weighted by molar-refractivity contribution is 7.99. The minimum atomic E-state index is -0.312. The summed E-state index contributed by atoms with van der Waals surface area (Å²) in [6.45, 7) is 0. The minimum Gasteiger partial charge on any atom is -0.497 e. The van der Waals surface area contributed by atoms with E-state index in [4.69, 9.17) is 4.74 Å². The molecule has 1 aromatic heterocycles. The number of carbonyl (C=O) groups is 1. The molecule has 128 valence electrons. The van der Waals surface area contributed by atoms with Crippen molar-refractivity contribution in [1.29, 1.82) is 0 Å². The van der Waals surface area contributed by atoms with Crippen molar-refractivity contribution in [2.75, 3.05) is 18.2 Å². The molecule has 0 saturated carbocycles. The van der Waals surface area contributed by atoms with E-state index in [0.717, 1.165) is 11.3 Å². The fourth-order valence-electron chi connectivity index (χ4n) is 2.05. The maximum Gasteiger partial charge on any atom is 0.234 e. The van der Waals surface area contributed by atoms with Gasteiger partial charge in [0.2, 0.25) is 11.1 Å². The molecule has 6 nitrogen and oxygen atoms in total. The zero-order valence-electron chi connectivity index (χ0n) is 13.3. The third-order valence-electron chi connectivity index (χ3n) is 3.29. The van der Waals surface area contributed by atoms with Gasteiger partial charge in [0.05, 0.1) is 12.9 Å². The van der Waals surface area contributed by atoms with Crippen LogP contribution in [0.1, 0.15) is 0 Å². The first kappa shape index (κ1) is 17.0. The van der Waals surface area contributed by atoms with Crippen molar-refractivity contribution in [2.24, 2.45) is 0 Å². The summed E-state index contributed by atoms with van der Waals surface area (Å²) in [5.41, 5.74) is 1.41. The van der Waals surface area contributed by atoms with E-state index < -0.39 is 0 Å². The summed E-state index contributed by atoms with van der Waals surface area (Å²) >= 11 is 1.21. The Hall–Kier alpha value is -2.87. The number of ether oxygens (including phenoxy) is 1. The predicted octanol–water partition coefficient (Wildman–Crippen LogP) is 3.35. The summed E-state index contributed by atoms with van der Waals surface area (Å²) in [6.07, 6.45) is 0. The monoisotopic (exact) mass is 358 g/mol. The van der Waals surface area contributed by atoms with Crippen LogP contribution in [0.3, 0.4) is 0 Å². The summed E-state index contributed by atoms with van der Waals surface area (Å²) in [6, 6.07) is 13.0. The van der Waals surface area contributed by atoms with Crippen LogP contribution in [0.2, 0.25) is 0 Å². The van der Waals surface area contributed by atoms with Crippen molar-refractivity contribution in [1.82, 2.24) is 15.2 Å². The Kier molecular flexibility index (Phi) is 5.30. The Morgan fingerprint density at radius 3 is 2.60 bits per heavy atom.